The number of phenolic OH excluding ortho intramolecular Hbond substituents is 2. The van der Waals surface area contributed by atoms with Crippen LogP contribution in [-0.4, -0.2) is 43.5 Å². The monoisotopic (exact) mass is 619 g/mol. The van der Waals surface area contributed by atoms with Crippen LogP contribution < -0.4 is 21.2 Å². The SMILES string of the molecule is CS(=O)(=O)OP(CCCCCCNC(=O)/C=C/c1ccc(O)c(O)c1)(c1ccccc1)(c1ccccc1)c1ccccc1. The van der Waals surface area contributed by atoms with Gasteiger partial charge in [0.2, 0.25) is 0 Å². The minimum absolute atomic E-state index is 0.216. The number of amides is 1. The molecule has 4 rings (SSSR count). The Balaban J connectivity index is 1.51. The number of unbranched alkanes of at least 4 members (excludes halogenated alkanes) is 3. The molecule has 0 saturated carbocycles. The van der Waals surface area contributed by atoms with Crippen molar-refractivity contribution in [3.05, 3.63) is 121 Å². The van der Waals surface area contributed by atoms with E-state index in [0.717, 1.165) is 41.4 Å². The molecule has 0 spiro atoms. The van der Waals surface area contributed by atoms with E-state index in [1.165, 1.54) is 18.2 Å². The Hall–Kier alpha value is -3.97. The van der Waals surface area contributed by atoms with Crippen molar-refractivity contribution in [2.75, 3.05) is 19.0 Å². The van der Waals surface area contributed by atoms with E-state index in [1.807, 2.05) is 91.0 Å². The molecule has 0 unspecified atom stereocenters. The van der Waals surface area contributed by atoms with E-state index >= 15 is 0 Å². The number of benzene rings is 4. The molecule has 0 fully saturated rings. The molecule has 43 heavy (non-hydrogen) atoms. The summed E-state index contributed by atoms with van der Waals surface area (Å²) in [6.45, 7) is -3.48. The Morgan fingerprint density at radius 1 is 0.744 bits per heavy atom. The molecule has 0 saturated heterocycles. The van der Waals surface area contributed by atoms with E-state index in [0.29, 0.717) is 24.7 Å². The van der Waals surface area contributed by atoms with Gasteiger partial charge in [0.05, 0.1) is 0 Å². The second-order valence-corrected chi connectivity index (χ2v) is 16.9. The molecule has 0 aliphatic rings. The standard InChI is InChI=1S/C34H38NO6PS/c1-43(39,40)41-42(29-15-7-4-8-16-29,30-17-9-5-10-18-30,31-19-11-6-12-20-31)26-14-3-2-13-25-35-34(38)24-22-28-21-23-32(36)33(37)27-28/h4-12,15-24,27,36-37H,2-3,13-14,25-26H2,1H3,(H,35,38)/b24-22+. The van der Waals surface area contributed by atoms with Crippen LogP contribution in [0.1, 0.15) is 31.2 Å². The molecule has 0 radical (unpaired) electrons. The number of phenols is 2. The summed E-state index contributed by atoms with van der Waals surface area (Å²) in [6, 6.07) is 33.5. The molecule has 7 nitrogen and oxygen atoms in total. The molecule has 226 valence electrons. The summed E-state index contributed by atoms with van der Waals surface area (Å²) in [5.74, 6) is -0.715. The first-order chi connectivity index (χ1) is 20.6. The van der Waals surface area contributed by atoms with Crippen LogP contribution in [0.5, 0.6) is 11.5 Å². The molecule has 0 aromatic heterocycles. The number of aromatic hydroxyl groups is 2. The average Bonchev–Trinajstić information content (AvgIpc) is 3.01. The number of hydrogen-bond donors (Lipinski definition) is 3. The van der Waals surface area contributed by atoms with E-state index in [-0.39, 0.29) is 17.4 Å². The van der Waals surface area contributed by atoms with E-state index in [1.54, 1.807) is 12.1 Å². The van der Waals surface area contributed by atoms with Crippen LogP contribution in [0.3, 0.4) is 0 Å². The molecule has 1 amide bonds. The number of rotatable bonds is 14. The van der Waals surface area contributed by atoms with Gasteiger partial charge in [-0.05, 0) is 6.07 Å². The molecule has 0 heterocycles. The molecule has 0 bridgehead atoms. The zero-order valence-electron chi connectivity index (χ0n) is 24.2. The molecular weight excluding hydrogens is 581 g/mol. The number of carbonyl (C=O) groups excluding carboxylic acids is 1. The third kappa shape index (κ3) is 7.52. The van der Waals surface area contributed by atoms with Crippen LogP contribution in [0.25, 0.3) is 6.08 Å². The van der Waals surface area contributed by atoms with E-state index < -0.39 is 16.9 Å². The van der Waals surface area contributed by atoms with Crippen molar-refractivity contribution in [2.24, 2.45) is 0 Å². The Morgan fingerprint density at radius 2 is 1.26 bits per heavy atom. The average molecular weight is 620 g/mol. The molecular formula is C34H38NO6PS. The van der Waals surface area contributed by atoms with Gasteiger partial charge in [0.1, 0.15) is 0 Å². The fraction of sp³-hybridized carbons (Fsp3) is 0.206. The topological polar surface area (TPSA) is 113 Å². The van der Waals surface area contributed by atoms with Gasteiger partial charge in [-0.3, -0.25) is 0 Å². The van der Waals surface area contributed by atoms with Gasteiger partial charge in [-0.15, -0.1) is 0 Å². The first-order valence-electron chi connectivity index (χ1n) is 14.2. The fourth-order valence-electron chi connectivity index (χ4n) is 5.51. The number of carbonyl (C=O) groups is 1. The van der Waals surface area contributed by atoms with Gasteiger partial charge in [0, 0.05) is 0 Å². The Kier molecular flexibility index (Phi) is 10.4. The first-order valence-corrected chi connectivity index (χ1v) is 18.4. The van der Waals surface area contributed by atoms with Gasteiger partial charge in [0.25, 0.3) is 0 Å². The number of hydrogen-bond acceptors (Lipinski definition) is 6. The summed E-state index contributed by atoms with van der Waals surface area (Å²) < 4.78 is 32.8. The zero-order chi connectivity index (χ0) is 30.8. The van der Waals surface area contributed by atoms with Gasteiger partial charge >= 0.3 is 227 Å². The maximum atomic E-state index is 13.1. The second-order valence-electron chi connectivity index (χ2n) is 10.5. The third-order valence-corrected chi connectivity index (χ3v) is 15.2. The van der Waals surface area contributed by atoms with Crippen LogP contribution in [0.15, 0.2) is 115 Å². The normalized spacial score (nSPS) is 12.9. The van der Waals surface area contributed by atoms with E-state index in [9.17, 15) is 23.4 Å². The predicted molar refractivity (Wildman–Crippen MR) is 176 cm³/mol. The fourth-order valence-corrected chi connectivity index (χ4v) is 14.1. The quantitative estimate of drug-likeness (QED) is 0.0774. The summed E-state index contributed by atoms with van der Waals surface area (Å²) in [6.07, 6.45) is 7.70. The molecule has 0 aliphatic heterocycles. The van der Waals surface area contributed by atoms with Gasteiger partial charge in [0.15, 0.2) is 11.5 Å². The predicted octanol–water partition coefficient (Wildman–Crippen LogP) is 5.21. The number of nitrogens with one attached hydrogen (secondary N) is 1. The van der Waals surface area contributed by atoms with Crippen LogP contribution in [0.4, 0.5) is 0 Å². The van der Waals surface area contributed by atoms with Crippen molar-refractivity contribution in [3.63, 3.8) is 0 Å². The van der Waals surface area contributed by atoms with Gasteiger partial charge in [-0.2, -0.15) is 0 Å². The second kappa shape index (κ2) is 14.0. The molecule has 9 heteroatoms. The summed E-state index contributed by atoms with van der Waals surface area (Å²) >= 11 is 0. The van der Waals surface area contributed by atoms with Gasteiger partial charge in [-0.25, -0.2) is 0 Å². The Morgan fingerprint density at radius 3 is 1.74 bits per heavy atom. The molecule has 0 atom stereocenters. The maximum absolute atomic E-state index is 13.1. The van der Waals surface area contributed by atoms with Gasteiger partial charge < -0.3 is 10.2 Å². The van der Waals surface area contributed by atoms with Crippen molar-refractivity contribution in [1.82, 2.24) is 5.32 Å². The summed E-state index contributed by atoms with van der Waals surface area (Å²) in [7, 11) is -3.90. The Bertz CT molecular complexity index is 1550. The van der Waals surface area contributed by atoms with Crippen LogP contribution >= 0.6 is 6.83 Å². The summed E-state index contributed by atoms with van der Waals surface area (Å²) in [4.78, 5) is 12.3. The van der Waals surface area contributed by atoms with Crippen molar-refractivity contribution >= 4 is 44.8 Å². The van der Waals surface area contributed by atoms with Crippen molar-refractivity contribution < 1.29 is 27.4 Å². The van der Waals surface area contributed by atoms with Crippen molar-refractivity contribution in [1.29, 1.82) is 0 Å². The van der Waals surface area contributed by atoms with E-state index in [4.69, 9.17) is 3.97 Å². The molecule has 0 aliphatic carbocycles. The van der Waals surface area contributed by atoms with Crippen molar-refractivity contribution in [3.8, 4) is 11.5 Å². The molecule has 4 aromatic rings. The minimum atomic E-state index is -3.97. The van der Waals surface area contributed by atoms with Gasteiger partial charge in [-0.1, -0.05) is 0 Å². The van der Waals surface area contributed by atoms with Crippen molar-refractivity contribution in [2.45, 2.75) is 25.7 Å². The van der Waals surface area contributed by atoms with Crippen LogP contribution in [-0.2, 0) is 18.9 Å². The molecule has 3 N–H and O–H groups in total. The van der Waals surface area contributed by atoms with Crippen LogP contribution in [0.2, 0.25) is 0 Å². The summed E-state index contributed by atoms with van der Waals surface area (Å²) in [5, 5.41) is 24.5. The Labute approximate surface area is 254 Å². The van der Waals surface area contributed by atoms with E-state index in [2.05, 4.69) is 5.32 Å². The zero-order valence-corrected chi connectivity index (χ0v) is 25.9. The first kappa shape index (κ1) is 32.0. The summed E-state index contributed by atoms with van der Waals surface area (Å²) in [5.41, 5.74) is 0.596. The van der Waals surface area contributed by atoms with Crippen LogP contribution in [0, 0.1) is 0 Å². The molecule has 4 aromatic carbocycles. The third-order valence-electron chi connectivity index (χ3n) is 7.44.